The fourth-order valence-corrected chi connectivity index (χ4v) is 2.46. The minimum absolute atomic E-state index is 0.0395. The Balaban J connectivity index is 1.83. The van der Waals surface area contributed by atoms with Crippen molar-refractivity contribution < 1.29 is 9.53 Å². The van der Waals surface area contributed by atoms with Crippen molar-refractivity contribution >= 4 is 17.6 Å². The lowest BCUT2D eigenvalue weighted by Crippen LogP contribution is -2.46. The Bertz CT molecular complexity index is 444. The zero-order valence-corrected chi connectivity index (χ0v) is 12.7. The molecule has 1 aromatic carbocycles. The number of nitrogens with zero attached hydrogens (tertiary/aromatic N) is 1. The molecule has 110 valence electrons. The van der Waals surface area contributed by atoms with Crippen LogP contribution in [0.15, 0.2) is 24.3 Å². The molecule has 0 radical (unpaired) electrons. The lowest BCUT2D eigenvalue weighted by atomic mass is 10.1. The smallest absolute Gasteiger partial charge is 0.317 e. The van der Waals surface area contributed by atoms with Gasteiger partial charge in [0.25, 0.3) is 0 Å². The van der Waals surface area contributed by atoms with E-state index in [1.165, 1.54) is 0 Å². The predicted octanol–water partition coefficient (Wildman–Crippen LogP) is 3.05. The van der Waals surface area contributed by atoms with E-state index in [2.05, 4.69) is 5.32 Å². The Kier molecular flexibility index (Phi) is 5.26. The first kappa shape index (κ1) is 15.1. The summed E-state index contributed by atoms with van der Waals surface area (Å²) in [6.07, 6.45) is 2.23. The molecule has 1 fully saturated rings. The summed E-state index contributed by atoms with van der Waals surface area (Å²) in [5.74, 6) is 0. The third kappa shape index (κ3) is 4.12. The van der Waals surface area contributed by atoms with Crippen molar-refractivity contribution in [2.45, 2.75) is 38.5 Å². The number of amides is 2. The highest BCUT2D eigenvalue weighted by molar-refractivity contribution is 6.30. The zero-order valence-electron chi connectivity index (χ0n) is 11.9. The van der Waals surface area contributed by atoms with Crippen LogP contribution in [0.5, 0.6) is 0 Å². The molecule has 1 aliphatic rings. The van der Waals surface area contributed by atoms with Crippen LogP contribution in [0.3, 0.4) is 0 Å². The maximum Gasteiger partial charge on any atom is 0.317 e. The normalized spacial score (nSPS) is 19.6. The number of nitrogens with one attached hydrogen (secondary N) is 1. The van der Waals surface area contributed by atoms with Crippen LogP contribution in [0.1, 0.15) is 25.3 Å². The third-order valence-electron chi connectivity index (χ3n) is 3.55. The van der Waals surface area contributed by atoms with Crippen LogP contribution < -0.4 is 5.32 Å². The van der Waals surface area contributed by atoms with Crippen LogP contribution in [-0.4, -0.2) is 36.7 Å². The molecule has 2 unspecified atom stereocenters. The molecule has 1 aromatic rings. The number of hydrogen-bond donors (Lipinski definition) is 1. The van der Waals surface area contributed by atoms with Crippen LogP contribution in [-0.2, 0) is 11.3 Å². The summed E-state index contributed by atoms with van der Waals surface area (Å²) in [5, 5.41) is 3.69. The van der Waals surface area contributed by atoms with Gasteiger partial charge in [0, 0.05) is 25.2 Å². The monoisotopic (exact) mass is 296 g/mol. The van der Waals surface area contributed by atoms with Gasteiger partial charge in [-0.1, -0.05) is 23.7 Å². The molecule has 1 saturated heterocycles. The van der Waals surface area contributed by atoms with Crippen molar-refractivity contribution in [2.24, 2.45) is 0 Å². The van der Waals surface area contributed by atoms with E-state index in [1.54, 1.807) is 11.9 Å². The number of hydrogen-bond acceptors (Lipinski definition) is 2. The van der Waals surface area contributed by atoms with Crippen molar-refractivity contribution in [1.82, 2.24) is 10.2 Å². The lowest BCUT2D eigenvalue weighted by Gasteiger charge is -2.24. The number of urea groups is 1. The predicted molar refractivity (Wildman–Crippen MR) is 79.9 cm³/mol. The van der Waals surface area contributed by atoms with E-state index in [4.69, 9.17) is 16.3 Å². The Labute approximate surface area is 125 Å². The number of halogens is 1. The molecule has 0 aromatic heterocycles. The number of carbonyl (C=O) groups is 1. The summed E-state index contributed by atoms with van der Waals surface area (Å²) in [6, 6.07) is 7.47. The van der Waals surface area contributed by atoms with E-state index in [1.807, 2.05) is 31.2 Å². The van der Waals surface area contributed by atoms with Crippen molar-refractivity contribution in [3.63, 3.8) is 0 Å². The molecule has 2 rings (SSSR count). The average Bonchev–Trinajstić information content (AvgIpc) is 2.95. The first-order chi connectivity index (χ1) is 9.56. The first-order valence-corrected chi connectivity index (χ1v) is 7.32. The fraction of sp³-hybridized carbons (Fsp3) is 0.533. The molecule has 1 aliphatic heterocycles. The zero-order chi connectivity index (χ0) is 14.5. The van der Waals surface area contributed by atoms with E-state index in [0.29, 0.717) is 11.6 Å². The van der Waals surface area contributed by atoms with Crippen LogP contribution in [0.25, 0.3) is 0 Å². The average molecular weight is 297 g/mol. The SMILES string of the molecule is CC(NC(=O)N(C)Cc1ccc(Cl)cc1)C1CCCO1. The highest BCUT2D eigenvalue weighted by Gasteiger charge is 2.24. The summed E-state index contributed by atoms with van der Waals surface area (Å²) in [6.45, 7) is 3.34. The second kappa shape index (κ2) is 6.95. The summed E-state index contributed by atoms with van der Waals surface area (Å²) < 4.78 is 5.58. The molecule has 0 bridgehead atoms. The molecule has 1 N–H and O–H groups in total. The van der Waals surface area contributed by atoms with Crippen LogP contribution >= 0.6 is 11.6 Å². The molecule has 4 nitrogen and oxygen atoms in total. The number of ether oxygens (including phenoxy) is 1. The fourth-order valence-electron chi connectivity index (χ4n) is 2.33. The maximum absolute atomic E-state index is 12.1. The Morgan fingerprint density at radius 1 is 1.50 bits per heavy atom. The van der Waals surface area contributed by atoms with Crippen molar-refractivity contribution in [1.29, 1.82) is 0 Å². The first-order valence-electron chi connectivity index (χ1n) is 6.94. The van der Waals surface area contributed by atoms with Crippen LogP contribution in [0, 0.1) is 0 Å². The van der Waals surface area contributed by atoms with E-state index >= 15 is 0 Å². The minimum atomic E-state index is -0.0806. The van der Waals surface area contributed by atoms with Crippen molar-refractivity contribution in [2.75, 3.05) is 13.7 Å². The molecule has 0 aliphatic carbocycles. The highest BCUT2D eigenvalue weighted by atomic mass is 35.5. The van der Waals surface area contributed by atoms with Crippen LogP contribution in [0.4, 0.5) is 4.79 Å². The Morgan fingerprint density at radius 2 is 2.20 bits per heavy atom. The quantitative estimate of drug-likeness (QED) is 0.928. The summed E-state index contributed by atoms with van der Waals surface area (Å²) in [7, 11) is 1.78. The van der Waals surface area contributed by atoms with Gasteiger partial charge >= 0.3 is 6.03 Å². The molecule has 2 amide bonds. The van der Waals surface area contributed by atoms with E-state index in [-0.39, 0.29) is 18.2 Å². The van der Waals surface area contributed by atoms with Gasteiger partial charge in [0.15, 0.2) is 0 Å². The maximum atomic E-state index is 12.1. The molecule has 0 spiro atoms. The molecule has 1 heterocycles. The second-order valence-electron chi connectivity index (χ2n) is 5.27. The summed E-state index contributed by atoms with van der Waals surface area (Å²) in [4.78, 5) is 13.8. The van der Waals surface area contributed by atoms with Gasteiger partial charge in [0.2, 0.25) is 0 Å². The van der Waals surface area contributed by atoms with E-state index in [9.17, 15) is 4.79 Å². The molecule has 5 heteroatoms. The van der Waals surface area contributed by atoms with Gasteiger partial charge < -0.3 is 15.0 Å². The van der Waals surface area contributed by atoms with Gasteiger partial charge in [-0.2, -0.15) is 0 Å². The highest BCUT2D eigenvalue weighted by Crippen LogP contribution is 2.16. The number of rotatable bonds is 4. The standard InChI is InChI=1S/C15H21ClN2O2/c1-11(14-4-3-9-20-14)17-15(19)18(2)10-12-5-7-13(16)8-6-12/h5-8,11,14H,3-4,9-10H2,1-2H3,(H,17,19). The lowest BCUT2D eigenvalue weighted by molar-refractivity contribution is 0.0838. The molecule has 20 heavy (non-hydrogen) atoms. The molecule has 0 saturated carbocycles. The summed E-state index contributed by atoms with van der Waals surface area (Å²) in [5.41, 5.74) is 1.05. The topological polar surface area (TPSA) is 41.6 Å². The van der Waals surface area contributed by atoms with Gasteiger partial charge in [-0.3, -0.25) is 0 Å². The summed E-state index contributed by atoms with van der Waals surface area (Å²) >= 11 is 5.85. The third-order valence-corrected chi connectivity index (χ3v) is 3.81. The largest absolute Gasteiger partial charge is 0.376 e. The number of benzene rings is 1. The van der Waals surface area contributed by atoms with Crippen LogP contribution in [0.2, 0.25) is 5.02 Å². The minimum Gasteiger partial charge on any atom is -0.376 e. The second-order valence-corrected chi connectivity index (χ2v) is 5.71. The van der Waals surface area contributed by atoms with Gasteiger partial charge in [-0.05, 0) is 37.5 Å². The van der Waals surface area contributed by atoms with E-state index in [0.717, 1.165) is 25.0 Å². The van der Waals surface area contributed by atoms with E-state index < -0.39 is 0 Å². The molecule has 2 atom stereocenters. The number of carbonyl (C=O) groups excluding carboxylic acids is 1. The molecular weight excluding hydrogens is 276 g/mol. The van der Waals surface area contributed by atoms with Gasteiger partial charge in [-0.25, -0.2) is 4.79 Å². The van der Waals surface area contributed by atoms with Gasteiger partial charge in [-0.15, -0.1) is 0 Å². The Hall–Kier alpha value is -1.26. The van der Waals surface area contributed by atoms with Crippen molar-refractivity contribution in [3.05, 3.63) is 34.9 Å². The Morgan fingerprint density at radius 3 is 2.80 bits per heavy atom. The van der Waals surface area contributed by atoms with Crippen molar-refractivity contribution in [3.8, 4) is 0 Å². The van der Waals surface area contributed by atoms with Gasteiger partial charge in [0.05, 0.1) is 12.1 Å². The molecular formula is C15H21ClN2O2. The van der Waals surface area contributed by atoms with Gasteiger partial charge in [0.1, 0.15) is 0 Å².